The van der Waals surface area contributed by atoms with E-state index in [2.05, 4.69) is 31.4 Å². The van der Waals surface area contributed by atoms with Gasteiger partial charge in [0.25, 0.3) is 0 Å². The van der Waals surface area contributed by atoms with Crippen molar-refractivity contribution in [2.75, 3.05) is 13.1 Å². The molecule has 0 aromatic rings. The molecular formula is C13H21N. The van der Waals surface area contributed by atoms with E-state index in [1.54, 1.807) is 5.57 Å². The Bertz CT molecular complexity index is 277. The van der Waals surface area contributed by atoms with Gasteiger partial charge in [-0.3, -0.25) is 4.90 Å². The van der Waals surface area contributed by atoms with Gasteiger partial charge >= 0.3 is 0 Å². The van der Waals surface area contributed by atoms with Gasteiger partial charge in [-0.15, -0.1) is 6.58 Å². The summed E-state index contributed by atoms with van der Waals surface area (Å²) in [4.78, 5) is 2.66. The Labute approximate surface area is 87.5 Å². The third-order valence-corrected chi connectivity index (χ3v) is 3.64. The molecule has 0 unspecified atom stereocenters. The number of hydrogen-bond acceptors (Lipinski definition) is 1. The molecule has 1 atom stereocenters. The van der Waals surface area contributed by atoms with Gasteiger partial charge in [0, 0.05) is 12.1 Å². The minimum Gasteiger partial charge on any atom is -0.293 e. The van der Waals surface area contributed by atoms with Gasteiger partial charge in [-0.2, -0.15) is 0 Å². The van der Waals surface area contributed by atoms with Crippen LogP contribution in [0.1, 0.15) is 39.5 Å². The molecule has 0 N–H and O–H groups in total. The first kappa shape index (κ1) is 9.97. The van der Waals surface area contributed by atoms with E-state index >= 15 is 0 Å². The smallest absolute Gasteiger partial charge is 0.0287 e. The standard InChI is InChI=1S/C13H21N/c1-11(2)9-13-6-4-7-14(13)8-5-12(3)10-13/h5H,1,4,6-10H2,2-3H3/t13-/m0/s1. The highest BCUT2D eigenvalue weighted by Crippen LogP contribution is 2.41. The summed E-state index contributed by atoms with van der Waals surface area (Å²) in [6.07, 6.45) is 7.58. The molecule has 0 aromatic heterocycles. The fourth-order valence-corrected chi connectivity index (χ4v) is 3.16. The minimum atomic E-state index is 0.449. The van der Waals surface area contributed by atoms with Crippen LogP contribution in [0.2, 0.25) is 0 Å². The minimum absolute atomic E-state index is 0.449. The van der Waals surface area contributed by atoms with Crippen LogP contribution in [0.5, 0.6) is 0 Å². The molecule has 0 aliphatic carbocycles. The largest absolute Gasteiger partial charge is 0.293 e. The molecule has 2 heterocycles. The maximum atomic E-state index is 4.08. The Hall–Kier alpha value is -0.560. The lowest BCUT2D eigenvalue weighted by Gasteiger charge is -2.42. The number of nitrogens with zero attached hydrogens (tertiary/aromatic N) is 1. The van der Waals surface area contributed by atoms with Gasteiger partial charge in [-0.1, -0.05) is 17.2 Å². The summed E-state index contributed by atoms with van der Waals surface area (Å²) in [5.74, 6) is 0. The summed E-state index contributed by atoms with van der Waals surface area (Å²) >= 11 is 0. The Morgan fingerprint density at radius 2 is 2.43 bits per heavy atom. The molecule has 0 spiro atoms. The first-order valence-electron chi connectivity index (χ1n) is 5.67. The van der Waals surface area contributed by atoms with E-state index in [1.807, 2.05) is 0 Å². The van der Waals surface area contributed by atoms with Crippen molar-refractivity contribution in [3.05, 3.63) is 23.8 Å². The van der Waals surface area contributed by atoms with Gasteiger partial charge in [0.15, 0.2) is 0 Å². The molecule has 0 amide bonds. The molecule has 0 saturated carbocycles. The van der Waals surface area contributed by atoms with Crippen molar-refractivity contribution in [2.24, 2.45) is 0 Å². The van der Waals surface area contributed by atoms with E-state index < -0.39 is 0 Å². The highest BCUT2D eigenvalue weighted by molar-refractivity contribution is 5.18. The topological polar surface area (TPSA) is 3.24 Å². The third-order valence-electron chi connectivity index (χ3n) is 3.64. The molecule has 1 fully saturated rings. The van der Waals surface area contributed by atoms with Crippen LogP contribution in [-0.2, 0) is 0 Å². The summed E-state index contributed by atoms with van der Waals surface area (Å²) in [6.45, 7) is 11.0. The quantitative estimate of drug-likeness (QED) is 0.606. The lowest BCUT2D eigenvalue weighted by molar-refractivity contribution is 0.141. The molecule has 0 aromatic carbocycles. The fraction of sp³-hybridized carbons (Fsp3) is 0.692. The van der Waals surface area contributed by atoms with Gasteiger partial charge < -0.3 is 0 Å². The van der Waals surface area contributed by atoms with Crippen molar-refractivity contribution in [3.63, 3.8) is 0 Å². The van der Waals surface area contributed by atoms with Crippen molar-refractivity contribution < 1.29 is 0 Å². The fourth-order valence-electron chi connectivity index (χ4n) is 3.16. The molecule has 2 aliphatic heterocycles. The maximum absolute atomic E-state index is 4.08. The molecule has 0 bridgehead atoms. The zero-order valence-electron chi connectivity index (χ0n) is 9.47. The molecule has 1 nitrogen and oxygen atoms in total. The SMILES string of the molecule is C=C(C)C[C@]12CCCN1CC=C(C)C2. The molecular weight excluding hydrogens is 170 g/mol. The van der Waals surface area contributed by atoms with E-state index in [1.165, 1.54) is 44.3 Å². The zero-order valence-corrected chi connectivity index (χ0v) is 9.47. The van der Waals surface area contributed by atoms with E-state index in [9.17, 15) is 0 Å². The summed E-state index contributed by atoms with van der Waals surface area (Å²) in [7, 11) is 0. The van der Waals surface area contributed by atoms with Gasteiger partial charge in [0.2, 0.25) is 0 Å². The van der Waals surface area contributed by atoms with Crippen molar-refractivity contribution in [2.45, 2.75) is 45.1 Å². The van der Waals surface area contributed by atoms with E-state index in [0.29, 0.717) is 5.54 Å². The zero-order chi connectivity index (χ0) is 10.2. The Morgan fingerprint density at radius 3 is 3.14 bits per heavy atom. The highest BCUT2D eigenvalue weighted by atomic mass is 15.2. The molecule has 78 valence electrons. The normalized spacial score (nSPS) is 32.6. The van der Waals surface area contributed by atoms with Gasteiger partial charge in [-0.05, 0) is 46.1 Å². The summed E-state index contributed by atoms with van der Waals surface area (Å²) in [5, 5.41) is 0. The van der Waals surface area contributed by atoms with Crippen molar-refractivity contribution in [1.82, 2.24) is 4.90 Å². The van der Waals surface area contributed by atoms with E-state index in [0.717, 1.165) is 0 Å². The van der Waals surface area contributed by atoms with Crippen LogP contribution in [0.15, 0.2) is 23.8 Å². The van der Waals surface area contributed by atoms with Gasteiger partial charge in [-0.25, -0.2) is 0 Å². The van der Waals surface area contributed by atoms with Crippen LogP contribution < -0.4 is 0 Å². The molecule has 14 heavy (non-hydrogen) atoms. The lowest BCUT2D eigenvalue weighted by atomic mass is 9.81. The van der Waals surface area contributed by atoms with Gasteiger partial charge in [0.1, 0.15) is 0 Å². The Kier molecular flexibility index (Phi) is 2.52. The monoisotopic (exact) mass is 191 g/mol. The average Bonchev–Trinajstić information content (AvgIpc) is 2.44. The summed E-state index contributed by atoms with van der Waals surface area (Å²) < 4.78 is 0. The predicted molar refractivity (Wildman–Crippen MR) is 61.3 cm³/mol. The molecule has 2 rings (SSSR count). The van der Waals surface area contributed by atoms with Crippen LogP contribution >= 0.6 is 0 Å². The van der Waals surface area contributed by atoms with Crippen molar-refractivity contribution in [1.29, 1.82) is 0 Å². The van der Waals surface area contributed by atoms with Crippen LogP contribution in [0.4, 0.5) is 0 Å². The van der Waals surface area contributed by atoms with Crippen LogP contribution in [0.25, 0.3) is 0 Å². The van der Waals surface area contributed by atoms with Crippen molar-refractivity contribution in [3.8, 4) is 0 Å². The molecule has 1 heteroatoms. The Balaban J connectivity index is 2.20. The molecule has 1 saturated heterocycles. The predicted octanol–water partition coefficient (Wildman–Crippen LogP) is 3.14. The third kappa shape index (κ3) is 1.66. The second kappa shape index (κ2) is 3.54. The molecule has 0 radical (unpaired) electrons. The van der Waals surface area contributed by atoms with Crippen molar-refractivity contribution >= 4 is 0 Å². The van der Waals surface area contributed by atoms with E-state index in [4.69, 9.17) is 0 Å². The average molecular weight is 191 g/mol. The van der Waals surface area contributed by atoms with Crippen LogP contribution in [0.3, 0.4) is 0 Å². The lowest BCUT2D eigenvalue weighted by Crippen LogP contribution is -2.46. The second-order valence-corrected chi connectivity index (χ2v) is 5.14. The second-order valence-electron chi connectivity index (χ2n) is 5.14. The highest BCUT2D eigenvalue weighted by Gasteiger charge is 2.41. The molecule has 2 aliphatic rings. The van der Waals surface area contributed by atoms with Crippen LogP contribution in [-0.4, -0.2) is 23.5 Å². The first-order chi connectivity index (χ1) is 6.62. The van der Waals surface area contributed by atoms with E-state index in [-0.39, 0.29) is 0 Å². The maximum Gasteiger partial charge on any atom is 0.0287 e. The Morgan fingerprint density at radius 1 is 1.64 bits per heavy atom. The summed E-state index contributed by atoms with van der Waals surface area (Å²) in [6, 6.07) is 0. The number of fused-ring (bicyclic) bond motifs is 1. The number of rotatable bonds is 2. The van der Waals surface area contributed by atoms with Gasteiger partial charge in [0.05, 0.1) is 0 Å². The first-order valence-corrected chi connectivity index (χ1v) is 5.67. The summed E-state index contributed by atoms with van der Waals surface area (Å²) in [5.41, 5.74) is 3.36. The number of hydrogen-bond donors (Lipinski definition) is 0. The van der Waals surface area contributed by atoms with Crippen LogP contribution in [0, 0.1) is 0 Å².